The molecule has 0 radical (unpaired) electrons. The van der Waals surface area contributed by atoms with E-state index in [9.17, 15) is 8.42 Å². The van der Waals surface area contributed by atoms with Crippen LogP contribution in [0.1, 0.15) is 19.3 Å². The molecule has 0 aromatic carbocycles. The SMILES string of the molecule is CNS(=O)(=O)N(C)CC1CCCCN1. The van der Waals surface area contributed by atoms with E-state index in [-0.39, 0.29) is 0 Å². The van der Waals surface area contributed by atoms with Gasteiger partial charge in [-0.2, -0.15) is 12.7 Å². The predicted octanol–water partition coefficient (Wildman–Crippen LogP) is -0.475. The van der Waals surface area contributed by atoms with E-state index in [0.717, 1.165) is 13.0 Å². The van der Waals surface area contributed by atoms with E-state index in [0.29, 0.717) is 12.6 Å². The molecule has 84 valence electrons. The van der Waals surface area contributed by atoms with E-state index in [1.165, 1.54) is 24.2 Å². The molecule has 14 heavy (non-hydrogen) atoms. The topological polar surface area (TPSA) is 61.4 Å². The lowest BCUT2D eigenvalue weighted by molar-refractivity contribution is 0.336. The van der Waals surface area contributed by atoms with Gasteiger partial charge in [0.25, 0.3) is 10.2 Å². The Morgan fingerprint density at radius 3 is 2.71 bits per heavy atom. The van der Waals surface area contributed by atoms with Crippen LogP contribution >= 0.6 is 0 Å². The molecule has 1 atom stereocenters. The fourth-order valence-electron chi connectivity index (χ4n) is 1.64. The van der Waals surface area contributed by atoms with Gasteiger partial charge in [-0.3, -0.25) is 0 Å². The lowest BCUT2D eigenvalue weighted by Crippen LogP contribution is -2.46. The second kappa shape index (κ2) is 5.06. The van der Waals surface area contributed by atoms with Crippen molar-refractivity contribution in [3.05, 3.63) is 0 Å². The van der Waals surface area contributed by atoms with E-state index in [2.05, 4.69) is 10.0 Å². The second-order valence-electron chi connectivity index (χ2n) is 3.64. The summed E-state index contributed by atoms with van der Waals surface area (Å²) in [6.45, 7) is 1.54. The van der Waals surface area contributed by atoms with Crippen LogP contribution in [-0.4, -0.2) is 45.9 Å². The monoisotopic (exact) mass is 221 g/mol. The number of piperidine rings is 1. The first-order valence-corrected chi connectivity index (χ1v) is 6.38. The van der Waals surface area contributed by atoms with E-state index < -0.39 is 10.2 Å². The molecule has 0 aliphatic carbocycles. The average Bonchev–Trinajstić information content (AvgIpc) is 2.19. The summed E-state index contributed by atoms with van der Waals surface area (Å²) in [6.07, 6.45) is 3.44. The Balaban J connectivity index is 2.43. The Morgan fingerprint density at radius 2 is 2.21 bits per heavy atom. The normalized spacial score (nSPS) is 24.1. The highest BCUT2D eigenvalue weighted by molar-refractivity contribution is 7.87. The van der Waals surface area contributed by atoms with Crippen LogP contribution in [0.25, 0.3) is 0 Å². The Bertz CT molecular complexity index is 260. The second-order valence-corrected chi connectivity index (χ2v) is 5.62. The number of hydrogen-bond donors (Lipinski definition) is 2. The first kappa shape index (κ1) is 11.9. The summed E-state index contributed by atoms with van der Waals surface area (Å²) in [5, 5.41) is 3.31. The van der Waals surface area contributed by atoms with Gasteiger partial charge in [0, 0.05) is 26.7 Å². The molecule has 1 unspecified atom stereocenters. The van der Waals surface area contributed by atoms with E-state index in [4.69, 9.17) is 0 Å². The summed E-state index contributed by atoms with van der Waals surface area (Å²) < 4.78 is 26.4. The zero-order chi connectivity index (χ0) is 10.6. The maximum absolute atomic E-state index is 11.4. The smallest absolute Gasteiger partial charge is 0.278 e. The molecule has 0 aromatic heterocycles. The molecule has 1 rings (SSSR count). The fraction of sp³-hybridized carbons (Fsp3) is 1.00. The van der Waals surface area contributed by atoms with Crippen molar-refractivity contribution >= 4 is 10.2 Å². The van der Waals surface area contributed by atoms with Gasteiger partial charge in [0.15, 0.2) is 0 Å². The zero-order valence-corrected chi connectivity index (χ0v) is 9.60. The summed E-state index contributed by atoms with van der Waals surface area (Å²) in [6, 6.07) is 0.303. The molecule has 1 heterocycles. The van der Waals surface area contributed by atoms with Crippen LogP contribution in [-0.2, 0) is 10.2 Å². The summed E-state index contributed by atoms with van der Waals surface area (Å²) >= 11 is 0. The highest BCUT2D eigenvalue weighted by atomic mass is 32.2. The van der Waals surface area contributed by atoms with Crippen LogP contribution in [0, 0.1) is 0 Å². The molecule has 0 saturated carbocycles. The van der Waals surface area contributed by atoms with Crippen molar-refractivity contribution in [2.75, 3.05) is 27.2 Å². The molecule has 0 spiro atoms. The summed E-state index contributed by atoms with van der Waals surface area (Å²) in [5.41, 5.74) is 0. The van der Waals surface area contributed by atoms with Crippen LogP contribution in [0.4, 0.5) is 0 Å². The van der Waals surface area contributed by atoms with Crippen LogP contribution in [0.2, 0.25) is 0 Å². The molecule has 1 aliphatic heterocycles. The first-order valence-electron chi connectivity index (χ1n) is 4.94. The Hall–Kier alpha value is -0.170. The maximum atomic E-state index is 11.4. The Labute approximate surface area is 86.0 Å². The third kappa shape index (κ3) is 3.20. The molecular formula is C8H19N3O2S. The third-order valence-electron chi connectivity index (χ3n) is 2.56. The predicted molar refractivity (Wildman–Crippen MR) is 56.3 cm³/mol. The highest BCUT2D eigenvalue weighted by Gasteiger charge is 2.20. The Morgan fingerprint density at radius 1 is 1.50 bits per heavy atom. The van der Waals surface area contributed by atoms with Crippen molar-refractivity contribution in [3.8, 4) is 0 Å². The van der Waals surface area contributed by atoms with Crippen molar-refractivity contribution in [1.82, 2.24) is 14.3 Å². The van der Waals surface area contributed by atoms with Crippen molar-refractivity contribution in [3.63, 3.8) is 0 Å². The van der Waals surface area contributed by atoms with Gasteiger partial charge in [-0.25, -0.2) is 4.72 Å². The number of likely N-dealkylation sites (N-methyl/N-ethyl adjacent to an activating group) is 1. The van der Waals surface area contributed by atoms with Crippen molar-refractivity contribution in [2.24, 2.45) is 0 Å². The van der Waals surface area contributed by atoms with Crippen LogP contribution in [0.5, 0.6) is 0 Å². The van der Waals surface area contributed by atoms with Gasteiger partial charge < -0.3 is 5.32 Å². The summed E-state index contributed by atoms with van der Waals surface area (Å²) in [4.78, 5) is 0. The lowest BCUT2D eigenvalue weighted by atomic mass is 10.1. The number of nitrogens with one attached hydrogen (secondary N) is 2. The highest BCUT2D eigenvalue weighted by Crippen LogP contribution is 2.08. The molecule has 1 saturated heterocycles. The standard InChI is InChI=1S/C8H19N3O2S/c1-9-14(12,13)11(2)7-8-5-3-4-6-10-8/h8-10H,3-7H2,1-2H3. The van der Waals surface area contributed by atoms with E-state index >= 15 is 0 Å². The van der Waals surface area contributed by atoms with Gasteiger partial charge in [-0.15, -0.1) is 0 Å². The fourth-order valence-corrected chi connectivity index (χ4v) is 2.33. The minimum atomic E-state index is -3.25. The number of nitrogens with zero attached hydrogens (tertiary/aromatic N) is 1. The van der Waals surface area contributed by atoms with Gasteiger partial charge in [0.1, 0.15) is 0 Å². The lowest BCUT2D eigenvalue weighted by Gasteiger charge is -2.27. The summed E-state index contributed by atoms with van der Waals surface area (Å²) in [7, 11) is -0.224. The van der Waals surface area contributed by atoms with Gasteiger partial charge in [0.2, 0.25) is 0 Å². The average molecular weight is 221 g/mol. The van der Waals surface area contributed by atoms with Gasteiger partial charge in [0.05, 0.1) is 0 Å². The van der Waals surface area contributed by atoms with Crippen LogP contribution in [0.15, 0.2) is 0 Å². The first-order chi connectivity index (χ1) is 6.56. The molecule has 1 aliphatic rings. The minimum Gasteiger partial charge on any atom is -0.313 e. The minimum absolute atomic E-state index is 0.303. The largest absolute Gasteiger partial charge is 0.313 e. The number of rotatable bonds is 4. The van der Waals surface area contributed by atoms with Crippen molar-refractivity contribution < 1.29 is 8.42 Å². The molecule has 6 heteroatoms. The molecule has 0 aromatic rings. The van der Waals surface area contributed by atoms with Crippen LogP contribution in [0.3, 0.4) is 0 Å². The Kier molecular flexibility index (Phi) is 4.31. The van der Waals surface area contributed by atoms with E-state index in [1.54, 1.807) is 7.05 Å². The molecular weight excluding hydrogens is 202 g/mol. The zero-order valence-electron chi connectivity index (χ0n) is 8.78. The molecule has 5 nitrogen and oxygen atoms in total. The molecule has 0 amide bonds. The van der Waals surface area contributed by atoms with Gasteiger partial charge in [-0.1, -0.05) is 6.42 Å². The van der Waals surface area contributed by atoms with E-state index in [1.807, 2.05) is 0 Å². The quantitative estimate of drug-likeness (QED) is 0.674. The molecule has 1 fully saturated rings. The number of hydrogen-bond acceptors (Lipinski definition) is 3. The van der Waals surface area contributed by atoms with Crippen LogP contribution < -0.4 is 10.0 Å². The third-order valence-corrected chi connectivity index (χ3v) is 4.04. The van der Waals surface area contributed by atoms with Gasteiger partial charge in [-0.05, 0) is 19.4 Å². The molecule has 2 N–H and O–H groups in total. The van der Waals surface area contributed by atoms with Crippen molar-refractivity contribution in [1.29, 1.82) is 0 Å². The summed E-state index contributed by atoms with van der Waals surface area (Å²) in [5.74, 6) is 0. The maximum Gasteiger partial charge on any atom is 0.278 e. The molecule has 0 bridgehead atoms. The van der Waals surface area contributed by atoms with Crippen molar-refractivity contribution in [2.45, 2.75) is 25.3 Å². The van der Waals surface area contributed by atoms with Gasteiger partial charge >= 0.3 is 0 Å².